The zero-order valence-electron chi connectivity index (χ0n) is 25.1. The fraction of sp³-hybridized carbons (Fsp3) is 0.206. The number of para-hydroxylation sites is 2. The molecule has 0 spiro atoms. The van der Waals surface area contributed by atoms with Gasteiger partial charge in [0.25, 0.3) is 11.8 Å². The Morgan fingerprint density at radius 2 is 1.57 bits per heavy atom. The van der Waals surface area contributed by atoms with Crippen molar-refractivity contribution in [3.8, 4) is 11.5 Å². The summed E-state index contributed by atoms with van der Waals surface area (Å²) >= 11 is 0. The molecule has 49 heavy (non-hydrogen) atoms. The number of hydroxylamine groups is 2. The first-order chi connectivity index (χ1) is 23.7. The molecule has 0 radical (unpaired) electrons. The average Bonchev–Trinajstić information content (AvgIpc) is 3.82. The Morgan fingerprint density at radius 3 is 2.33 bits per heavy atom. The van der Waals surface area contributed by atoms with Gasteiger partial charge in [0.2, 0.25) is 5.89 Å². The largest absolute Gasteiger partial charge is 0.508 e. The Hall–Kier alpha value is -5.55. The van der Waals surface area contributed by atoms with Crippen molar-refractivity contribution in [1.82, 2.24) is 19.6 Å². The lowest BCUT2D eigenvalue weighted by Crippen LogP contribution is -2.56. The number of imide groups is 1. The lowest BCUT2D eigenvalue weighted by Gasteiger charge is -2.41. The molecule has 0 aliphatic carbocycles. The molecule has 1 fully saturated rings. The van der Waals surface area contributed by atoms with Crippen LogP contribution < -0.4 is 0 Å². The highest BCUT2D eigenvalue weighted by Crippen LogP contribution is 2.48. The van der Waals surface area contributed by atoms with E-state index in [1.807, 2.05) is 0 Å². The zero-order chi connectivity index (χ0) is 33.9. The summed E-state index contributed by atoms with van der Waals surface area (Å²) < 4.78 is 13.2. The molecule has 2 amide bonds. The first-order valence-electron chi connectivity index (χ1n) is 15.3. The van der Waals surface area contributed by atoms with Crippen LogP contribution in [0.5, 0.6) is 11.5 Å². The summed E-state index contributed by atoms with van der Waals surface area (Å²) in [4.78, 5) is 42.0. The monoisotopic (exact) mass is 666 g/mol. The molecular formula is C34H26N4O11. The molecule has 9 rings (SSSR count). The Labute approximate surface area is 273 Å². The third-order valence-corrected chi connectivity index (χ3v) is 9.33. The number of aliphatic hydroxyl groups excluding tert-OH is 4. The third kappa shape index (κ3) is 4.08. The van der Waals surface area contributed by atoms with Gasteiger partial charge in [0.05, 0.1) is 39.8 Å². The highest BCUT2D eigenvalue weighted by atomic mass is 16.7. The van der Waals surface area contributed by atoms with Crippen molar-refractivity contribution in [3.63, 3.8) is 0 Å². The number of aromatic nitrogens is 3. The normalized spacial score (nSPS) is 22.9. The van der Waals surface area contributed by atoms with Crippen LogP contribution in [0.4, 0.5) is 0 Å². The van der Waals surface area contributed by atoms with Crippen molar-refractivity contribution in [1.29, 1.82) is 0 Å². The molecule has 2 aliphatic heterocycles. The van der Waals surface area contributed by atoms with Crippen molar-refractivity contribution in [2.45, 2.75) is 37.3 Å². The fourth-order valence-electron chi connectivity index (χ4n) is 7.17. The van der Waals surface area contributed by atoms with Gasteiger partial charge < -0.3 is 49.3 Å². The molecular weight excluding hydrogens is 640 g/mol. The topological polar surface area (TPSA) is 224 Å². The molecule has 0 unspecified atom stereocenters. The number of fused-ring (bicyclic) bond motifs is 11. The van der Waals surface area contributed by atoms with Gasteiger partial charge in [-0.05, 0) is 36.4 Å². The van der Waals surface area contributed by atoms with E-state index in [4.69, 9.17) is 14.0 Å². The molecule has 15 nitrogen and oxygen atoms in total. The molecule has 2 aliphatic rings. The third-order valence-electron chi connectivity index (χ3n) is 9.33. The molecule has 5 atom stereocenters. The van der Waals surface area contributed by atoms with Gasteiger partial charge >= 0.3 is 0 Å². The lowest BCUT2D eigenvalue weighted by molar-refractivity contribution is -0.249. The molecule has 4 aromatic carbocycles. The summed E-state index contributed by atoms with van der Waals surface area (Å²) in [6.07, 6.45) is -7.88. The number of carbonyl (C=O) groups is 2. The molecule has 3 aromatic heterocycles. The van der Waals surface area contributed by atoms with Crippen LogP contribution in [0.25, 0.3) is 54.7 Å². The number of H-pyrrole nitrogens is 1. The first kappa shape index (κ1) is 29.6. The van der Waals surface area contributed by atoms with Gasteiger partial charge in [0, 0.05) is 33.7 Å². The predicted octanol–water partition coefficient (Wildman–Crippen LogP) is 2.68. The molecule has 7 N–H and O–H groups in total. The van der Waals surface area contributed by atoms with Crippen molar-refractivity contribution in [2.75, 3.05) is 6.61 Å². The second kappa shape index (κ2) is 10.5. The maximum Gasteiger partial charge on any atom is 0.286 e. The standard InChI is InChI=1S/C34H26N4O11/c39-11-21-29(42)30(43)31(44)34(49-21)37-19-10-14(41)6-8-16(19)24-26-25(23-15-7-5-13(40)9-18(15)36-27(23)28(24)37)32(45)38(33(26)46)47-12-22-35-17-3-1-2-4-20(17)48-22/h1-10,21,29-31,34,36,39-44H,11-12H2/t21-,29-,30+,31-,34-/m1/s1. The van der Waals surface area contributed by atoms with E-state index in [2.05, 4.69) is 9.97 Å². The van der Waals surface area contributed by atoms with Gasteiger partial charge in [-0.3, -0.25) is 14.4 Å². The van der Waals surface area contributed by atoms with E-state index < -0.39 is 49.1 Å². The van der Waals surface area contributed by atoms with E-state index in [9.17, 15) is 40.2 Å². The van der Waals surface area contributed by atoms with Crippen LogP contribution in [0, 0.1) is 0 Å². The lowest BCUT2D eigenvalue weighted by atomic mass is 9.96. The number of carbonyl (C=O) groups excluding carboxylic acids is 2. The number of nitrogens with one attached hydrogen (secondary N) is 1. The van der Waals surface area contributed by atoms with Crippen LogP contribution in [-0.4, -0.2) is 93.1 Å². The van der Waals surface area contributed by atoms with Gasteiger partial charge in [-0.25, -0.2) is 4.98 Å². The van der Waals surface area contributed by atoms with Crippen LogP contribution >= 0.6 is 0 Å². The van der Waals surface area contributed by atoms with Gasteiger partial charge in [-0.1, -0.05) is 12.1 Å². The van der Waals surface area contributed by atoms with E-state index in [1.165, 1.54) is 34.9 Å². The highest BCUT2D eigenvalue weighted by Gasteiger charge is 2.47. The van der Waals surface area contributed by atoms with E-state index in [1.54, 1.807) is 30.3 Å². The summed E-state index contributed by atoms with van der Waals surface area (Å²) in [5, 5.41) is 65.5. The SMILES string of the molecule is O=C1c2c(c3c4ccc(O)cc4n([C@@H]4O[C@H](CO)[C@@H](O)[C@H](O)[C@H]4O)c3c3[nH]c4cc(O)ccc4c23)C(=O)N1OCc1nc2ccccc2o1. The van der Waals surface area contributed by atoms with E-state index >= 15 is 0 Å². The molecule has 5 heterocycles. The number of benzene rings is 4. The van der Waals surface area contributed by atoms with Crippen LogP contribution in [0.2, 0.25) is 0 Å². The molecule has 1 saturated heterocycles. The number of hydrogen-bond acceptors (Lipinski definition) is 12. The van der Waals surface area contributed by atoms with Crippen molar-refractivity contribution in [2.24, 2.45) is 0 Å². The van der Waals surface area contributed by atoms with Crippen LogP contribution in [0.15, 0.2) is 65.1 Å². The number of aromatic amines is 1. The van der Waals surface area contributed by atoms with Gasteiger partial charge in [-0.15, -0.1) is 5.06 Å². The maximum atomic E-state index is 14.4. The summed E-state index contributed by atoms with van der Waals surface area (Å²) in [5.74, 6) is -1.70. The Morgan fingerprint density at radius 1 is 0.857 bits per heavy atom. The number of rotatable bonds is 5. The maximum absolute atomic E-state index is 14.4. The van der Waals surface area contributed by atoms with Crippen LogP contribution in [0.1, 0.15) is 32.8 Å². The summed E-state index contributed by atoms with van der Waals surface area (Å²) in [7, 11) is 0. The summed E-state index contributed by atoms with van der Waals surface area (Å²) in [5.41, 5.74) is 2.20. The number of aliphatic hydroxyl groups is 4. The number of nitrogens with zero attached hydrogens (tertiary/aromatic N) is 3. The van der Waals surface area contributed by atoms with E-state index in [0.717, 1.165) is 0 Å². The molecule has 7 aromatic rings. The Kier molecular flexibility index (Phi) is 6.32. The molecule has 15 heteroatoms. The fourth-order valence-corrected chi connectivity index (χ4v) is 7.17. The second-order valence-electron chi connectivity index (χ2n) is 12.1. The van der Waals surface area contributed by atoms with Crippen molar-refractivity contribution in [3.05, 3.63) is 77.7 Å². The quantitative estimate of drug-likeness (QED) is 0.132. The second-order valence-corrected chi connectivity index (χ2v) is 12.1. The van der Waals surface area contributed by atoms with Gasteiger partial charge in [0.15, 0.2) is 18.4 Å². The highest BCUT2D eigenvalue weighted by molar-refractivity contribution is 6.39. The van der Waals surface area contributed by atoms with Crippen molar-refractivity contribution >= 4 is 66.5 Å². The predicted molar refractivity (Wildman–Crippen MR) is 170 cm³/mol. The average molecular weight is 667 g/mol. The number of hydrogen-bond donors (Lipinski definition) is 7. The number of aromatic hydroxyl groups is 2. The Bertz CT molecular complexity index is 2500. The molecule has 248 valence electrons. The Balaban J connectivity index is 1.32. The summed E-state index contributed by atoms with van der Waals surface area (Å²) in [6.45, 7) is -1.05. The van der Waals surface area contributed by atoms with Gasteiger partial charge in [-0.2, -0.15) is 0 Å². The minimum Gasteiger partial charge on any atom is -0.508 e. The number of ether oxygens (including phenoxy) is 1. The summed E-state index contributed by atoms with van der Waals surface area (Å²) in [6, 6.07) is 15.8. The van der Waals surface area contributed by atoms with Crippen LogP contribution in [-0.2, 0) is 16.2 Å². The smallest absolute Gasteiger partial charge is 0.286 e. The van der Waals surface area contributed by atoms with Crippen LogP contribution in [0.3, 0.4) is 0 Å². The van der Waals surface area contributed by atoms with E-state index in [-0.39, 0.29) is 51.5 Å². The number of oxazole rings is 1. The number of amides is 2. The zero-order valence-corrected chi connectivity index (χ0v) is 25.1. The van der Waals surface area contributed by atoms with Gasteiger partial charge in [0.1, 0.15) is 41.4 Å². The minimum atomic E-state index is -1.75. The van der Waals surface area contributed by atoms with Crippen molar-refractivity contribution < 1.29 is 54.2 Å². The molecule has 0 bridgehead atoms. The first-order valence-corrected chi connectivity index (χ1v) is 15.3. The molecule has 0 saturated carbocycles. The van der Waals surface area contributed by atoms with E-state index in [0.29, 0.717) is 43.4 Å². The number of phenols is 2. The minimum absolute atomic E-state index is 0.00272. The number of phenolic OH excluding ortho intramolecular Hbond substituents is 2.